The summed E-state index contributed by atoms with van der Waals surface area (Å²) in [7, 11) is 0. The third-order valence-corrected chi connectivity index (χ3v) is 5.37. The zero-order chi connectivity index (χ0) is 17.6. The van der Waals surface area contributed by atoms with Gasteiger partial charge in [0.2, 0.25) is 0 Å². The molecule has 4 rings (SSSR count). The van der Waals surface area contributed by atoms with Crippen molar-refractivity contribution in [2.24, 2.45) is 11.8 Å². The number of carbonyl (C=O) groups is 2. The minimum atomic E-state index is -0.151. The summed E-state index contributed by atoms with van der Waals surface area (Å²) in [5.74, 6) is 0.793. The Morgan fingerprint density at radius 2 is 1.92 bits per heavy atom. The van der Waals surface area contributed by atoms with Gasteiger partial charge in [-0.1, -0.05) is 30.3 Å². The fourth-order valence-corrected chi connectivity index (χ4v) is 3.76. The number of hydrogen-bond donors (Lipinski definition) is 2. The molecule has 2 fully saturated rings. The molecule has 1 saturated carbocycles. The maximum atomic E-state index is 12.8. The first-order valence-corrected chi connectivity index (χ1v) is 8.73. The second kappa shape index (κ2) is 6.11. The van der Waals surface area contributed by atoms with Crippen molar-refractivity contribution in [1.82, 2.24) is 20.4 Å². The summed E-state index contributed by atoms with van der Waals surface area (Å²) in [6.07, 6.45) is 0. The van der Waals surface area contributed by atoms with Crippen molar-refractivity contribution in [1.29, 1.82) is 0 Å². The van der Waals surface area contributed by atoms with E-state index in [1.807, 2.05) is 37.3 Å². The van der Waals surface area contributed by atoms with Crippen LogP contribution in [0.3, 0.4) is 0 Å². The van der Waals surface area contributed by atoms with Gasteiger partial charge in [-0.2, -0.15) is 5.10 Å². The molecule has 0 radical (unpaired) electrons. The smallest absolute Gasteiger partial charge is 0.269 e. The van der Waals surface area contributed by atoms with E-state index in [0.717, 1.165) is 18.7 Å². The zero-order valence-electron chi connectivity index (χ0n) is 14.4. The van der Waals surface area contributed by atoms with Gasteiger partial charge in [-0.3, -0.25) is 14.3 Å². The highest BCUT2D eigenvalue weighted by atomic mass is 16.2. The molecule has 1 amide bonds. The molecule has 1 aliphatic carbocycles. The highest BCUT2D eigenvalue weighted by molar-refractivity contribution is 5.98. The van der Waals surface area contributed by atoms with Crippen LogP contribution in [-0.2, 0) is 0 Å². The van der Waals surface area contributed by atoms with E-state index in [1.165, 1.54) is 6.92 Å². The number of nitrogens with one attached hydrogen (secondary N) is 2. The predicted octanol–water partition coefficient (Wildman–Crippen LogP) is 1.64. The summed E-state index contributed by atoms with van der Waals surface area (Å²) in [4.78, 5) is 24.6. The lowest BCUT2D eigenvalue weighted by Gasteiger charge is -2.16. The summed E-state index contributed by atoms with van der Waals surface area (Å²) in [5, 5.41) is 10.8. The molecule has 6 heteroatoms. The number of aromatic nitrogens is 2. The molecule has 1 aromatic carbocycles. The molecule has 6 nitrogen and oxygen atoms in total. The highest BCUT2D eigenvalue weighted by Gasteiger charge is 2.53. The molecule has 1 aromatic heterocycles. The molecule has 2 N–H and O–H groups in total. The number of amides is 1. The van der Waals surface area contributed by atoms with Gasteiger partial charge in [-0.25, -0.2) is 0 Å². The van der Waals surface area contributed by atoms with Crippen LogP contribution in [0.25, 0.3) is 0 Å². The number of rotatable bonds is 5. The fraction of sp³-hybridized carbons (Fsp3) is 0.421. The number of fused-ring (bicyclic) bond motifs is 1. The molecule has 1 aliphatic heterocycles. The molecule has 0 bridgehead atoms. The molecule has 2 heterocycles. The maximum absolute atomic E-state index is 12.8. The van der Waals surface area contributed by atoms with Crippen LogP contribution in [0.15, 0.2) is 36.4 Å². The quantitative estimate of drug-likeness (QED) is 0.813. The lowest BCUT2D eigenvalue weighted by atomic mass is 10.1. The Bertz CT molecular complexity index is 804. The van der Waals surface area contributed by atoms with Crippen molar-refractivity contribution >= 4 is 11.7 Å². The summed E-state index contributed by atoms with van der Waals surface area (Å²) < 4.78 is 1.66. The molecule has 2 aliphatic rings. The Balaban J connectivity index is 1.61. The first-order chi connectivity index (χ1) is 12.1. The maximum Gasteiger partial charge on any atom is 0.269 e. The first kappa shape index (κ1) is 16.0. The Kier molecular flexibility index (Phi) is 3.92. The SMILES string of the molecule is CC(=O)c1cc(C(=O)NC2[C@H]3CNC[C@@H]23)n([C@@H](C)c2ccccc2)n1. The van der Waals surface area contributed by atoms with E-state index < -0.39 is 0 Å². The van der Waals surface area contributed by atoms with Crippen LogP contribution >= 0.6 is 0 Å². The van der Waals surface area contributed by atoms with E-state index in [-0.39, 0.29) is 23.8 Å². The van der Waals surface area contributed by atoms with Gasteiger partial charge in [-0.15, -0.1) is 0 Å². The summed E-state index contributed by atoms with van der Waals surface area (Å²) in [6.45, 7) is 5.39. The molecular weight excluding hydrogens is 316 g/mol. The number of Topliss-reactive ketones (excluding diaryl/α,β-unsaturated/α-hetero) is 1. The Morgan fingerprint density at radius 1 is 1.24 bits per heavy atom. The van der Waals surface area contributed by atoms with Crippen LogP contribution in [-0.4, -0.2) is 40.6 Å². The van der Waals surface area contributed by atoms with E-state index in [1.54, 1.807) is 10.7 Å². The summed E-state index contributed by atoms with van der Waals surface area (Å²) in [6, 6.07) is 11.6. The number of benzene rings is 1. The van der Waals surface area contributed by atoms with Crippen molar-refractivity contribution in [3.63, 3.8) is 0 Å². The summed E-state index contributed by atoms with van der Waals surface area (Å²) in [5.41, 5.74) is 1.81. The standard InChI is InChI=1S/C19H22N4O2/c1-11(13-6-4-3-5-7-13)23-17(8-16(22-23)12(2)24)19(25)21-18-14-9-20-10-15(14)18/h3-8,11,14-15,18,20H,9-10H2,1-2H3,(H,21,25)/t11-,14-,15+,18?/m0/s1. The third-order valence-electron chi connectivity index (χ3n) is 5.37. The molecule has 25 heavy (non-hydrogen) atoms. The highest BCUT2D eigenvalue weighted by Crippen LogP contribution is 2.41. The average molecular weight is 338 g/mol. The van der Waals surface area contributed by atoms with Crippen LogP contribution in [0.5, 0.6) is 0 Å². The normalized spacial score (nSPS) is 25.3. The average Bonchev–Trinajstić information content (AvgIpc) is 3.04. The van der Waals surface area contributed by atoms with Gasteiger partial charge in [0.1, 0.15) is 11.4 Å². The Morgan fingerprint density at radius 3 is 2.56 bits per heavy atom. The van der Waals surface area contributed by atoms with Gasteiger partial charge in [0, 0.05) is 32.1 Å². The second-order valence-electron chi connectivity index (χ2n) is 6.99. The minimum absolute atomic E-state index is 0.129. The van der Waals surface area contributed by atoms with Gasteiger partial charge in [0.05, 0.1) is 6.04 Å². The number of hydrogen-bond acceptors (Lipinski definition) is 4. The second-order valence-corrected chi connectivity index (χ2v) is 6.99. The van der Waals surface area contributed by atoms with Crippen molar-refractivity contribution in [3.8, 4) is 0 Å². The van der Waals surface area contributed by atoms with Crippen molar-refractivity contribution in [2.45, 2.75) is 25.9 Å². The summed E-state index contributed by atoms with van der Waals surface area (Å²) >= 11 is 0. The monoisotopic (exact) mass is 338 g/mol. The molecule has 2 aromatic rings. The lowest BCUT2D eigenvalue weighted by Crippen LogP contribution is -2.34. The van der Waals surface area contributed by atoms with Crippen LogP contribution in [0.2, 0.25) is 0 Å². The number of nitrogens with zero attached hydrogens (tertiary/aromatic N) is 2. The van der Waals surface area contributed by atoms with Crippen molar-refractivity contribution in [2.75, 3.05) is 13.1 Å². The van der Waals surface area contributed by atoms with Gasteiger partial charge < -0.3 is 10.6 Å². The van der Waals surface area contributed by atoms with Crippen LogP contribution < -0.4 is 10.6 Å². The number of piperidine rings is 1. The van der Waals surface area contributed by atoms with Gasteiger partial charge >= 0.3 is 0 Å². The van der Waals surface area contributed by atoms with Crippen LogP contribution in [0, 0.1) is 11.8 Å². The Hall–Kier alpha value is -2.47. The fourth-order valence-electron chi connectivity index (χ4n) is 3.76. The molecular formula is C19H22N4O2. The van der Waals surface area contributed by atoms with E-state index >= 15 is 0 Å². The molecule has 0 spiro atoms. The van der Waals surface area contributed by atoms with Crippen LogP contribution in [0.1, 0.15) is 46.4 Å². The third kappa shape index (κ3) is 2.87. The molecule has 130 valence electrons. The largest absolute Gasteiger partial charge is 0.347 e. The molecule has 1 unspecified atom stereocenters. The van der Waals surface area contributed by atoms with Crippen molar-refractivity contribution in [3.05, 3.63) is 53.3 Å². The Labute approximate surface area is 146 Å². The van der Waals surface area contributed by atoms with E-state index in [4.69, 9.17) is 0 Å². The zero-order valence-corrected chi connectivity index (χ0v) is 14.4. The molecule has 1 saturated heterocycles. The van der Waals surface area contributed by atoms with Gasteiger partial charge in [0.25, 0.3) is 5.91 Å². The molecule has 4 atom stereocenters. The van der Waals surface area contributed by atoms with E-state index in [9.17, 15) is 9.59 Å². The van der Waals surface area contributed by atoms with Crippen LogP contribution in [0.4, 0.5) is 0 Å². The van der Waals surface area contributed by atoms with Gasteiger partial charge in [0.15, 0.2) is 5.78 Å². The lowest BCUT2D eigenvalue weighted by molar-refractivity contribution is 0.0933. The number of ketones is 1. The topological polar surface area (TPSA) is 76.0 Å². The first-order valence-electron chi connectivity index (χ1n) is 8.73. The number of carbonyl (C=O) groups excluding carboxylic acids is 2. The predicted molar refractivity (Wildman–Crippen MR) is 93.6 cm³/mol. The van der Waals surface area contributed by atoms with Crippen molar-refractivity contribution < 1.29 is 9.59 Å². The van der Waals surface area contributed by atoms with E-state index in [0.29, 0.717) is 23.2 Å². The van der Waals surface area contributed by atoms with E-state index in [2.05, 4.69) is 15.7 Å². The minimum Gasteiger partial charge on any atom is -0.347 e. The van der Waals surface area contributed by atoms with Gasteiger partial charge in [-0.05, 0) is 24.3 Å².